The van der Waals surface area contributed by atoms with Gasteiger partial charge in [-0.25, -0.2) is 0 Å². The summed E-state index contributed by atoms with van der Waals surface area (Å²) >= 11 is 5.12. The van der Waals surface area contributed by atoms with Crippen molar-refractivity contribution >= 4 is 28.9 Å². The predicted molar refractivity (Wildman–Crippen MR) is 107 cm³/mol. The Morgan fingerprint density at radius 2 is 1.56 bits per heavy atom. The molecule has 2 aromatic carbocycles. The van der Waals surface area contributed by atoms with Gasteiger partial charge in [0.1, 0.15) is 0 Å². The number of hydrogen-bond donors (Lipinski definition) is 2. The SMILES string of the molecule is C/C(=N/NC(=S)NC(=O)c1ccccc1)c1ccc(C(C)(C)C)cc1. The Hall–Kier alpha value is -2.53. The number of thiocarbonyl (C=S) groups is 1. The first kappa shape index (κ1) is 18.8. The summed E-state index contributed by atoms with van der Waals surface area (Å²) in [6.07, 6.45) is 0. The minimum Gasteiger partial charge on any atom is -0.298 e. The topological polar surface area (TPSA) is 53.5 Å². The van der Waals surface area contributed by atoms with Gasteiger partial charge < -0.3 is 0 Å². The van der Waals surface area contributed by atoms with Crippen LogP contribution in [0.4, 0.5) is 0 Å². The van der Waals surface area contributed by atoms with E-state index in [1.54, 1.807) is 24.3 Å². The molecule has 25 heavy (non-hydrogen) atoms. The van der Waals surface area contributed by atoms with Crippen LogP contribution in [0, 0.1) is 0 Å². The molecule has 0 spiro atoms. The number of hydrogen-bond acceptors (Lipinski definition) is 3. The summed E-state index contributed by atoms with van der Waals surface area (Å²) in [4.78, 5) is 12.0. The molecular weight excluding hydrogens is 330 g/mol. The first-order valence-corrected chi connectivity index (χ1v) is 8.50. The Labute approximate surface area is 154 Å². The molecule has 5 heteroatoms. The van der Waals surface area contributed by atoms with Gasteiger partial charge >= 0.3 is 0 Å². The fourth-order valence-corrected chi connectivity index (χ4v) is 2.34. The summed E-state index contributed by atoms with van der Waals surface area (Å²) < 4.78 is 0. The second kappa shape index (κ2) is 8.03. The van der Waals surface area contributed by atoms with Crippen molar-refractivity contribution in [1.29, 1.82) is 0 Å². The molecule has 0 aliphatic heterocycles. The van der Waals surface area contributed by atoms with Crippen LogP contribution >= 0.6 is 12.2 Å². The second-order valence-electron chi connectivity index (χ2n) is 6.79. The monoisotopic (exact) mass is 353 g/mol. The van der Waals surface area contributed by atoms with E-state index in [9.17, 15) is 4.79 Å². The van der Waals surface area contributed by atoms with Crippen molar-refractivity contribution < 1.29 is 4.79 Å². The Morgan fingerprint density at radius 3 is 2.12 bits per heavy atom. The first-order valence-electron chi connectivity index (χ1n) is 8.09. The lowest BCUT2D eigenvalue weighted by atomic mass is 9.86. The number of carbonyl (C=O) groups excluding carboxylic acids is 1. The van der Waals surface area contributed by atoms with Crippen LogP contribution in [0.15, 0.2) is 59.7 Å². The molecule has 1 amide bonds. The summed E-state index contributed by atoms with van der Waals surface area (Å²) in [6.45, 7) is 8.43. The molecule has 0 radical (unpaired) electrons. The zero-order valence-corrected chi connectivity index (χ0v) is 15.8. The molecule has 2 N–H and O–H groups in total. The smallest absolute Gasteiger partial charge is 0.257 e. The van der Waals surface area contributed by atoms with Crippen LogP contribution in [0.25, 0.3) is 0 Å². The standard InChI is InChI=1S/C20H23N3OS/c1-14(15-10-12-17(13-11-15)20(2,3)4)22-23-19(25)21-18(24)16-8-6-5-7-9-16/h5-13H,1-4H3,(H2,21,23,24,25)/b22-14-. The Bertz CT molecular complexity index is 775. The van der Waals surface area contributed by atoms with E-state index < -0.39 is 0 Å². The van der Waals surface area contributed by atoms with E-state index in [1.165, 1.54) is 5.56 Å². The van der Waals surface area contributed by atoms with Gasteiger partial charge in [-0.1, -0.05) is 63.2 Å². The molecule has 0 unspecified atom stereocenters. The number of benzene rings is 2. The van der Waals surface area contributed by atoms with Crippen molar-refractivity contribution in [3.8, 4) is 0 Å². The molecule has 4 nitrogen and oxygen atoms in total. The molecule has 130 valence electrons. The van der Waals surface area contributed by atoms with Gasteiger partial charge in [0.15, 0.2) is 5.11 Å². The average molecular weight is 353 g/mol. The maximum absolute atomic E-state index is 12.0. The fraction of sp³-hybridized carbons (Fsp3) is 0.250. The van der Waals surface area contributed by atoms with Gasteiger partial charge in [-0.15, -0.1) is 0 Å². The van der Waals surface area contributed by atoms with E-state index in [0.717, 1.165) is 11.3 Å². The number of nitrogens with zero attached hydrogens (tertiary/aromatic N) is 1. The molecule has 0 aliphatic rings. The molecule has 0 aliphatic carbocycles. The summed E-state index contributed by atoms with van der Waals surface area (Å²) in [6, 6.07) is 17.2. The van der Waals surface area contributed by atoms with Crippen LogP contribution in [0.5, 0.6) is 0 Å². The van der Waals surface area contributed by atoms with Gasteiger partial charge in [-0.3, -0.25) is 15.5 Å². The van der Waals surface area contributed by atoms with Gasteiger partial charge in [-0.2, -0.15) is 5.10 Å². The van der Waals surface area contributed by atoms with Crippen molar-refractivity contribution in [2.75, 3.05) is 0 Å². The summed E-state index contributed by atoms with van der Waals surface area (Å²) in [5, 5.41) is 7.02. The number of rotatable bonds is 3. The third-order valence-electron chi connectivity index (χ3n) is 3.76. The lowest BCUT2D eigenvalue weighted by Gasteiger charge is -2.19. The van der Waals surface area contributed by atoms with Crippen molar-refractivity contribution in [3.63, 3.8) is 0 Å². The zero-order valence-electron chi connectivity index (χ0n) is 15.0. The zero-order chi connectivity index (χ0) is 18.4. The highest BCUT2D eigenvalue weighted by Crippen LogP contribution is 2.22. The molecule has 0 atom stereocenters. The van der Waals surface area contributed by atoms with E-state index in [2.05, 4.69) is 48.7 Å². The highest BCUT2D eigenvalue weighted by Gasteiger charge is 2.13. The van der Waals surface area contributed by atoms with Crippen molar-refractivity contribution in [1.82, 2.24) is 10.7 Å². The maximum atomic E-state index is 12.0. The number of hydrazone groups is 1. The van der Waals surface area contributed by atoms with Crippen molar-refractivity contribution in [2.45, 2.75) is 33.1 Å². The normalized spacial score (nSPS) is 11.8. The van der Waals surface area contributed by atoms with E-state index in [-0.39, 0.29) is 16.4 Å². The molecule has 2 rings (SSSR count). The maximum Gasteiger partial charge on any atom is 0.257 e. The lowest BCUT2D eigenvalue weighted by Crippen LogP contribution is -2.37. The molecular formula is C20H23N3OS. The minimum absolute atomic E-state index is 0.116. The molecule has 0 saturated carbocycles. The Morgan fingerprint density at radius 1 is 0.960 bits per heavy atom. The third-order valence-corrected chi connectivity index (χ3v) is 3.95. The predicted octanol–water partition coefficient (Wildman–Crippen LogP) is 4.01. The van der Waals surface area contributed by atoms with Crippen molar-refractivity contribution in [2.24, 2.45) is 5.10 Å². The van der Waals surface area contributed by atoms with Crippen LogP contribution in [0.3, 0.4) is 0 Å². The molecule has 0 saturated heterocycles. The summed E-state index contributed by atoms with van der Waals surface area (Å²) in [7, 11) is 0. The van der Waals surface area contributed by atoms with E-state index in [1.807, 2.05) is 25.1 Å². The van der Waals surface area contributed by atoms with Crippen LogP contribution in [0.1, 0.15) is 49.2 Å². The first-order chi connectivity index (χ1) is 11.8. The molecule has 0 bridgehead atoms. The number of nitrogens with one attached hydrogen (secondary N) is 2. The van der Waals surface area contributed by atoms with Gasteiger partial charge in [0.25, 0.3) is 5.91 Å². The lowest BCUT2D eigenvalue weighted by molar-refractivity contribution is 0.0976. The Balaban J connectivity index is 1.96. The van der Waals surface area contributed by atoms with Crippen LogP contribution < -0.4 is 10.7 Å². The van der Waals surface area contributed by atoms with Gasteiger partial charge in [0.2, 0.25) is 0 Å². The molecule has 0 heterocycles. The summed E-state index contributed by atoms with van der Waals surface area (Å²) in [5.74, 6) is -0.263. The summed E-state index contributed by atoms with van der Waals surface area (Å²) in [5.41, 5.74) is 6.43. The van der Waals surface area contributed by atoms with E-state index >= 15 is 0 Å². The van der Waals surface area contributed by atoms with Crippen LogP contribution in [-0.2, 0) is 5.41 Å². The highest BCUT2D eigenvalue weighted by molar-refractivity contribution is 7.80. The number of carbonyl (C=O) groups is 1. The fourth-order valence-electron chi connectivity index (χ4n) is 2.20. The molecule has 0 aromatic heterocycles. The minimum atomic E-state index is -0.263. The van der Waals surface area contributed by atoms with E-state index in [4.69, 9.17) is 12.2 Å². The van der Waals surface area contributed by atoms with Gasteiger partial charge in [-0.05, 0) is 47.8 Å². The quantitative estimate of drug-likeness (QED) is 0.498. The van der Waals surface area contributed by atoms with E-state index in [0.29, 0.717) is 5.56 Å². The second-order valence-corrected chi connectivity index (χ2v) is 7.19. The van der Waals surface area contributed by atoms with Gasteiger partial charge in [0.05, 0.1) is 5.71 Å². The third kappa shape index (κ3) is 5.50. The Kier molecular flexibility index (Phi) is 6.04. The van der Waals surface area contributed by atoms with Gasteiger partial charge in [0, 0.05) is 5.56 Å². The highest BCUT2D eigenvalue weighted by atomic mass is 32.1. The number of amides is 1. The largest absolute Gasteiger partial charge is 0.298 e. The van der Waals surface area contributed by atoms with Crippen LogP contribution in [-0.4, -0.2) is 16.7 Å². The van der Waals surface area contributed by atoms with Crippen molar-refractivity contribution in [3.05, 3.63) is 71.3 Å². The average Bonchev–Trinajstić information content (AvgIpc) is 2.59. The molecule has 0 fully saturated rings. The van der Waals surface area contributed by atoms with Crippen LogP contribution in [0.2, 0.25) is 0 Å². The molecule has 2 aromatic rings.